The number of amides is 1. The Morgan fingerprint density at radius 1 is 1.38 bits per heavy atom. The summed E-state index contributed by atoms with van der Waals surface area (Å²) < 4.78 is 0. The predicted octanol–water partition coefficient (Wildman–Crippen LogP) is 1.47. The average Bonchev–Trinajstić information content (AvgIpc) is 2.33. The maximum Gasteiger partial charge on any atom is 0.235 e. The zero-order valence-corrected chi connectivity index (χ0v) is 10.8. The average molecular weight is 242 g/mol. The maximum atomic E-state index is 12.3. The molecular weight excluding hydrogens is 220 g/mol. The number of nitrogens with two attached hydrogens (primary N) is 1. The number of thioether (sulfide) groups is 1. The summed E-state index contributed by atoms with van der Waals surface area (Å²) in [5.41, 5.74) is 6.04. The Kier molecular flexibility index (Phi) is 4.14. The molecular formula is C12H22N2OS. The Labute approximate surface area is 102 Å². The summed E-state index contributed by atoms with van der Waals surface area (Å²) in [4.78, 5) is 14.2. The Balaban J connectivity index is 1.89. The molecule has 1 amide bonds. The molecule has 0 saturated carbocycles. The van der Waals surface area contributed by atoms with Crippen LogP contribution >= 0.6 is 11.8 Å². The van der Waals surface area contributed by atoms with Crippen LogP contribution in [-0.4, -0.2) is 40.9 Å². The molecule has 92 valence electrons. The molecule has 0 aromatic rings. The molecule has 2 rings (SSSR count). The zero-order chi connectivity index (χ0) is 11.5. The van der Waals surface area contributed by atoms with Crippen LogP contribution in [0.25, 0.3) is 0 Å². The van der Waals surface area contributed by atoms with E-state index >= 15 is 0 Å². The lowest BCUT2D eigenvalue weighted by molar-refractivity contribution is -0.132. The van der Waals surface area contributed by atoms with E-state index in [0.717, 1.165) is 31.7 Å². The molecule has 2 heterocycles. The van der Waals surface area contributed by atoms with Crippen molar-refractivity contribution in [2.75, 3.05) is 18.8 Å². The van der Waals surface area contributed by atoms with E-state index in [0.29, 0.717) is 11.8 Å². The number of likely N-dealkylation sites (tertiary alicyclic amines) is 1. The lowest BCUT2D eigenvalue weighted by Gasteiger charge is -2.37. The van der Waals surface area contributed by atoms with Crippen molar-refractivity contribution in [2.24, 2.45) is 11.7 Å². The number of carbonyl (C=O) groups excluding carboxylic acids is 1. The molecule has 4 heteroatoms. The first kappa shape index (κ1) is 12.2. The summed E-state index contributed by atoms with van der Waals surface area (Å²) in [5, 5.41) is 0.217. The second kappa shape index (κ2) is 5.41. The van der Waals surface area contributed by atoms with Crippen LogP contribution in [0.5, 0.6) is 0 Å². The lowest BCUT2D eigenvalue weighted by Crippen LogP contribution is -2.52. The molecule has 0 aromatic carbocycles. The number of hydrogen-bond donors (Lipinski definition) is 1. The fourth-order valence-corrected chi connectivity index (χ4v) is 3.72. The molecule has 2 N–H and O–H groups in total. The fraction of sp³-hybridized carbons (Fsp3) is 0.917. The van der Waals surface area contributed by atoms with Crippen molar-refractivity contribution in [3.63, 3.8) is 0 Å². The van der Waals surface area contributed by atoms with Crippen molar-refractivity contribution in [3.8, 4) is 0 Å². The molecule has 16 heavy (non-hydrogen) atoms. The van der Waals surface area contributed by atoms with Gasteiger partial charge in [0.2, 0.25) is 5.91 Å². The molecule has 3 atom stereocenters. The van der Waals surface area contributed by atoms with Gasteiger partial charge in [-0.25, -0.2) is 0 Å². The van der Waals surface area contributed by atoms with Gasteiger partial charge >= 0.3 is 0 Å². The van der Waals surface area contributed by atoms with E-state index in [9.17, 15) is 4.79 Å². The van der Waals surface area contributed by atoms with E-state index < -0.39 is 0 Å². The van der Waals surface area contributed by atoms with Crippen LogP contribution in [0.15, 0.2) is 0 Å². The summed E-state index contributed by atoms with van der Waals surface area (Å²) >= 11 is 1.83. The summed E-state index contributed by atoms with van der Waals surface area (Å²) in [6.07, 6.45) is 4.60. The fourth-order valence-electron chi connectivity index (χ4n) is 2.44. The second-order valence-corrected chi connectivity index (χ2v) is 6.38. The third kappa shape index (κ3) is 2.72. The van der Waals surface area contributed by atoms with Crippen molar-refractivity contribution in [3.05, 3.63) is 0 Å². The SMILES string of the molecule is CC1CCN(C(=O)C2CCCCS2)CC1N. The quantitative estimate of drug-likeness (QED) is 0.757. The van der Waals surface area contributed by atoms with Gasteiger partial charge in [0, 0.05) is 19.1 Å². The lowest BCUT2D eigenvalue weighted by atomic mass is 9.94. The second-order valence-electron chi connectivity index (χ2n) is 5.07. The van der Waals surface area contributed by atoms with Gasteiger partial charge in [0.05, 0.1) is 5.25 Å². The number of nitrogens with zero attached hydrogens (tertiary/aromatic N) is 1. The van der Waals surface area contributed by atoms with Crippen LogP contribution in [0.2, 0.25) is 0 Å². The highest BCUT2D eigenvalue weighted by Gasteiger charge is 2.31. The molecule has 2 aliphatic rings. The highest BCUT2D eigenvalue weighted by molar-refractivity contribution is 8.00. The first-order valence-corrected chi connectivity index (χ1v) is 7.39. The Morgan fingerprint density at radius 3 is 2.81 bits per heavy atom. The van der Waals surface area contributed by atoms with Crippen LogP contribution in [0.4, 0.5) is 0 Å². The molecule has 0 bridgehead atoms. The molecule has 0 aromatic heterocycles. The largest absolute Gasteiger partial charge is 0.340 e. The number of rotatable bonds is 1. The number of hydrogen-bond acceptors (Lipinski definition) is 3. The van der Waals surface area contributed by atoms with Crippen molar-refractivity contribution < 1.29 is 4.79 Å². The molecule has 2 fully saturated rings. The van der Waals surface area contributed by atoms with Gasteiger partial charge in [0.1, 0.15) is 0 Å². The molecule has 0 radical (unpaired) electrons. The summed E-state index contributed by atoms with van der Waals surface area (Å²) in [6.45, 7) is 3.85. The Morgan fingerprint density at radius 2 is 2.19 bits per heavy atom. The smallest absolute Gasteiger partial charge is 0.235 e. The van der Waals surface area contributed by atoms with E-state index in [1.807, 2.05) is 16.7 Å². The van der Waals surface area contributed by atoms with Crippen LogP contribution in [0, 0.1) is 5.92 Å². The van der Waals surface area contributed by atoms with Crippen molar-refractivity contribution >= 4 is 17.7 Å². The van der Waals surface area contributed by atoms with Gasteiger partial charge in [0.25, 0.3) is 0 Å². The van der Waals surface area contributed by atoms with Crippen LogP contribution < -0.4 is 5.73 Å². The number of carbonyl (C=O) groups is 1. The molecule has 0 spiro atoms. The topological polar surface area (TPSA) is 46.3 Å². The molecule has 0 aliphatic carbocycles. The molecule has 2 saturated heterocycles. The van der Waals surface area contributed by atoms with Crippen LogP contribution in [-0.2, 0) is 4.79 Å². The first-order chi connectivity index (χ1) is 7.68. The van der Waals surface area contributed by atoms with Crippen molar-refractivity contribution in [2.45, 2.75) is 43.9 Å². The zero-order valence-electron chi connectivity index (χ0n) is 10.0. The Bertz CT molecular complexity index is 253. The van der Waals surface area contributed by atoms with Gasteiger partial charge in [-0.2, -0.15) is 0 Å². The van der Waals surface area contributed by atoms with E-state index in [-0.39, 0.29) is 11.3 Å². The van der Waals surface area contributed by atoms with Gasteiger partial charge in [-0.3, -0.25) is 4.79 Å². The highest BCUT2D eigenvalue weighted by Crippen LogP contribution is 2.28. The highest BCUT2D eigenvalue weighted by atomic mass is 32.2. The minimum Gasteiger partial charge on any atom is -0.340 e. The van der Waals surface area contributed by atoms with Gasteiger partial charge in [-0.1, -0.05) is 13.3 Å². The number of piperidine rings is 1. The van der Waals surface area contributed by atoms with E-state index in [1.54, 1.807) is 0 Å². The maximum absolute atomic E-state index is 12.3. The van der Waals surface area contributed by atoms with E-state index in [2.05, 4.69) is 6.92 Å². The Hall–Kier alpha value is -0.220. The third-order valence-corrected chi connectivity index (χ3v) is 5.15. The summed E-state index contributed by atoms with van der Waals surface area (Å²) in [7, 11) is 0. The standard InChI is InChI=1S/C12H22N2OS/c1-9-5-6-14(8-10(9)13)12(15)11-4-2-3-7-16-11/h9-11H,2-8,13H2,1H3. The minimum absolute atomic E-state index is 0.172. The summed E-state index contributed by atoms with van der Waals surface area (Å²) in [6, 6.07) is 0.172. The first-order valence-electron chi connectivity index (χ1n) is 6.34. The van der Waals surface area contributed by atoms with Gasteiger partial charge in [-0.05, 0) is 30.9 Å². The summed E-state index contributed by atoms with van der Waals surface area (Å²) in [5.74, 6) is 2.04. The van der Waals surface area contributed by atoms with Crippen LogP contribution in [0.1, 0.15) is 32.6 Å². The van der Waals surface area contributed by atoms with Crippen molar-refractivity contribution in [1.82, 2.24) is 4.90 Å². The predicted molar refractivity (Wildman–Crippen MR) is 68.4 cm³/mol. The van der Waals surface area contributed by atoms with Crippen LogP contribution in [0.3, 0.4) is 0 Å². The normalized spacial score (nSPS) is 36.1. The van der Waals surface area contributed by atoms with Crippen molar-refractivity contribution in [1.29, 1.82) is 0 Å². The van der Waals surface area contributed by atoms with Gasteiger partial charge in [-0.15, -0.1) is 11.8 Å². The third-order valence-electron chi connectivity index (χ3n) is 3.78. The monoisotopic (exact) mass is 242 g/mol. The molecule has 2 aliphatic heterocycles. The van der Waals surface area contributed by atoms with E-state index in [4.69, 9.17) is 5.73 Å². The molecule has 3 nitrogen and oxygen atoms in total. The molecule has 3 unspecified atom stereocenters. The van der Waals surface area contributed by atoms with Gasteiger partial charge in [0.15, 0.2) is 0 Å². The van der Waals surface area contributed by atoms with Gasteiger partial charge < -0.3 is 10.6 Å². The minimum atomic E-state index is 0.172. The van der Waals surface area contributed by atoms with E-state index in [1.165, 1.54) is 12.8 Å².